The number of nitrogens with zero attached hydrogens (tertiary/aromatic N) is 2. The van der Waals surface area contributed by atoms with Crippen LogP contribution in [0.1, 0.15) is 12.5 Å². The number of azo groups is 1. The summed E-state index contributed by atoms with van der Waals surface area (Å²) in [5, 5.41) is 10.4. The van der Waals surface area contributed by atoms with E-state index in [1.165, 1.54) is 31.2 Å². The first-order chi connectivity index (χ1) is 11.2. The molecule has 2 aromatic carbocycles. The van der Waals surface area contributed by atoms with Gasteiger partial charge in [0.1, 0.15) is 16.3 Å². The molecular formula is C15H16N4O4S. The Labute approximate surface area is 139 Å². The number of nitrogen functional groups attached to an aromatic ring is 1. The lowest BCUT2D eigenvalue weighted by Crippen LogP contribution is -2.06. The van der Waals surface area contributed by atoms with Crippen LogP contribution in [0.5, 0.6) is 0 Å². The number of carbonyl (C=O) groups is 1. The summed E-state index contributed by atoms with van der Waals surface area (Å²) in [6, 6.07) is 8.97. The van der Waals surface area contributed by atoms with Gasteiger partial charge in [0.25, 0.3) is 10.1 Å². The number of benzene rings is 2. The Kier molecular flexibility index (Phi) is 4.96. The largest absolute Gasteiger partial charge is 0.399 e. The lowest BCUT2D eigenvalue weighted by Gasteiger charge is -2.07. The van der Waals surface area contributed by atoms with Crippen LogP contribution in [0.2, 0.25) is 0 Å². The Hall–Kier alpha value is -2.78. The molecule has 0 heterocycles. The number of carbonyl (C=O) groups excluding carboxylic acids is 1. The van der Waals surface area contributed by atoms with Crippen molar-refractivity contribution in [3.05, 3.63) is 42.0 Å². The van der Waals surface area contributed by atoms with E-state index in [9.17, 15) is 17.8 Å². The maximum Gasteiger partial charge on any atom is 0.296 e. The minimum absolute atomic E-state index is 0.0197. The van der Waals surface area contributed by atoms with Crippen molar-refractivity contribution >= 4 is 38.8 Å². The molecule has 0 fully saturated rings. The zero-order valence-electron chi connectivity index (χ0n) is 13.0. The van der Waals surface area contributed by atoms with E-state index in [1.54, 1.807) is 19.1 Å². The molecule has 9 heteroatoms. The first-order valence-corrected chi connectivity index (χ1v) is 8.28. The minimum atomic E-state index is -4.44. The molecule has 0 radical (unpaired) electrons. The SMILES string of the molecule is CC(=O)Nc1cc(N)ccc1N=Nc1ccc(C)cc1S(=O)(=O)O. The van der Waals surface area contributed by atoms with Gasteiger partial charge in [0, 0.05) is 12.6 Å². The highest BCUT2D eigenvalue weighted by Crippen LogP contribution is 2.31. The van der Waals surface area contributed by atoms with Gasteiger partial charge in [-0.05, 0) is 42.8 Å². The fourth-order valence-electron chi connectivity index (χ4n) is 1.95. The van der Waals surface area contributed by atoms with E-state index in [-0.39, 0.29) is 16.5 Å². The number of hydrogen-bond donors (Lipinski definition) is 3. The van der Waals surface area contributed by atoms with E-state index in [2.05, 4.69) is 15.5 Å². The van der Waals surface area contributed by atoms with Crippen LogP contribution in [0, 0.1) is 6.92 Å². The summed E-state index contributed by atoms with van der Waals surface area (Å²) in [4.78, 5) is 10.9. The van der Waals surface area contributed by atoms with Crippen molar-refractivity contribution in [2.24, 2.45) is 10.2 Å². The summed E-state index contributed by atoms with van der Waals surface area (Å²) in [6.45, 7) is 3.02. The molecule has 0 atom stereocenters. The Morgan fingerprint density at radius 2 is 1.75 bits per heavy atom. The van der Waals surface area contributed by atoms with Gasteiger partial charge in [0.05, 0.1) is 5.69 Å². The fourth-order valence-corrected chi connectivity index (χ4v) is 2.66. The van der Waals surface area contributed by atoms with Gasteiger partial charge in [-0.15, -0.1) is 10.2 Å². The van der Waals surface area contributed by atoms with Crippen molar-refractivity contribution < 1.29 is 17.8 Å². The number of rotatable bonds is 4. The third kappa shape index (κ3) is 4.37. The lowest BCUT2D eigenvalue weighted by molar-refractivity contribution is -0.114. The number of nitrogens with one attached hydrogen (secondary N) is 1. The van der Waals surface area contributed by atoms with E-state index in [1.807, 2.05) is 0 Å². The van der Waals surface area contributed by atoms with Gasteiger partial charge in [-0.3, -0.25) is 9.35 Å². The van der Waals surface area contributed by atoms with Gasteiger partial charge in [0.15, 0.2) is 0 Å². The van der Waals surface area contributed by atoms with Crippen molar-refractivity contribution in [1.29, 1.82) is 0 Å². The normalized spacial score (nSPS) is 11.6. The monoisotopic (exact) mass is 348 g/mol. The van der Waals surface area contributed by atoms with Crippen LogP contribution in [0.4, 0.5) is 22.7 Å². The van der Waals surface area contributed by atoms with Crippen LogP contribution in [-0.4, -0.2) is 18.9 Å². The van der Waals surface area contributed by atoms with Crippen LogP contribution in [0.3, 0.4) is 0 Å². The molecule has 2 aromatic rings. The maximum absolute atomic E-state index is 11.5. The van der Waals surface area contributed by atoms with Crippen LogP contribution in [0.15, 0.2) is 51.5 Å². The second kappa shape index (κ2) is 6.77. The average Bonchev–Trinajstić information content (AvgIpc) is 2.46. The van der Waals surface area contributed by atoms with Crippen molar-refractivity contribution in [1.82, 2.24) is 0 Å². The van der Waals surface area contributed by atoms with E-state index in [0.29, 0.717) is 22.6 Å². The van der Waals surface area contributed by atoms with E-state index in [0.717, 1.165) is 0 Å². The molecular weight excluding hydrogens is 332 g/mol. The Bertz CT molecular complexity index is 923. The summed E-state index contributed by atoms with van der Waals surface area (Å²) >= 11 is 0. The molecule has 0 bridgehead atoms. The fraction of sp³-hybridized carbons (Fsp3) is 0.133. The number of hydrogen-bond acceptors (Lipinski definition) is 6. The number of nitrogens with two attached hydrogens (primary N) is 1. The zero-order valence-corrected chi connectivity index (χ0v) is 13.8. The molecule has 24 heavy (non-hydrogen) atoms. The van der Waals surface area contributed by atoms with Crippen molar-refractivity contribution in [2.45, 2.75) is 18.7 Å². The third-order valence-electron chi connectivity index (χ3n) is 2.99. The molecule has 0 unspecified atom stereocenters. The van der Waals surface area contributed by atoms with Crippen LogP contribution in [0.25, 0.3) is 0 Å². The molecule has 0 aliphatic carbocycles. The van der Waals surface area contributed by atoms with Crippen LogP contribution >= 0.6 is 0 Å². The number of aryl methyl sites for hydroxylation is 1. The van der Waals surface area contributed by atoms with Gasteiger partial charge < -0.3 is 11.1 Å². The third-order valence-corrected chi connectivity index (χ3v) is 3.87. The molecule has 4 N–H and O–H groups in total. The number of amides is 1. The zero-order chi connectivity index (χ0) is 17.9. The minimum Gasteiger partial charge on any atom is -0.399 e. The number of anilines is 2. The Morgan fingerprint density at radius 3 is 2.38 bits per heavy atom. The van der Waals surface area contributed by atoms with Crippen molar-refractivity contribution in [3.63, 3.8) is 0 Å². The Balaban J connectivity index is 2.48. The van der Waals surface area contributed by atoms with E-state index in [4.69, 9.17) is 5.73 Å². The topological polar surface area (TPSA) is 134 Å². The first-order valence-electron chi connectivity index (χ1n) is 6.84. The summed E-state index contributed by atoms with van der Waals surface area (Å²) in [7, 11) is -4.44. The molecule has 1 amide bonds. The summed E-state index contributed by atoms with van der Waals surface area (Å²) in [5.41, 5.74) is 7.35. The van der Waals surface area contributed by atoms with Crippen molar-refractivity contribution in [2.75, 3.05) is 11.1 Å². The van der Waals surface area contributed by atoms with Gasteiger partial charge in [-0.2, -0.15) is 8.42 Å². The van der Waals surface area contributed by atoms with E-state index >= 15 is 0 Å². The van der Waals surface area contributed by atoms with Gasteiger partial charge in [-0.25, -0.2) is 0 Å². The molecule has 126 valence electrons. The van der Waals surface area contributed by atoms with Crippen molar-refractivity contribution in [3.8, 4) is 0 Å². The molecule has 8 nitrogen and oxygen atoms in total. The summed E-state index contributed by atoms with van der Waals surface area (Å²) in [6.07, 6.45) is 0. The highest BCUT2D eigenvalue weighted by Gasteiger charge is 2.16. The molecule has 0 aliphatic rings. The predicted molar refractivity (Wildman–Crippen MR) is 90.3 cm³/mol. The van der Waals surface area contributed by atoms with Gasteiger partial charge in [-0.1, -0.05) is 6.07 Å². The predicted octanol–water partition coefficient (Wildman–Crippen LogP) is 3.20. The first kappa shape index (κ1) is 17.6. The lowest BCUT2D eigenvalue weighted by atomic mass is 10.2. The summed E-state index contributed by atoms with van der Waals surface area (Å²) < 4.78 is 32.2. The van der Waals surface area contributed by atoms with Gasteiger partial charge >= 0.3 is 0 Å². The molecule has 2 rings (SSSR count). The molecule has 0 saturated heterocycles. The standard InChI is InChI=1S/C15H16N4O4S/c1-9-3-5-13(15(7-9)24(21,22)23)19-18-12-6-4-11(16)8-14(12)17-10(2)20/h3-8H,16H2,1-2H3,(H,17,20)(H,21,22,23). The smallest absolute Gasteiger partial charge is 0.296 e. The maximum atomic E-state index is 11.5. The van der Waals surface area contributed by atoms with Gasteiger partial charge in [0.2, 0.25) is 5.91 Å². The molecule has 0 spiro atoms. The molecule has 0 saturated carbocycles. The van der Waals surface area contributed by atoms with Crippen LogP contribution < -0.4 is 11.1 Å². The van der Waals surface area contributed by atoms with E-state index < -0.39 is 10.1 Å². The average molecular weight is 348 g/mol. The Morgan fingerprint density at radius 1 is 1.12 bits per heavy atom. The second-order valence-corrected chi connectivity index (χ2v) is 6.49. The highest BCUT2D eigenvalue weighted by atomic mass is 32.2. The second-order valence-electron chi connectivity index (χ2n) is 5.10. The van der Waals surface area contributed by atoms with Crippen LogP contribution in [-0.2, 0) is 14.9 Å². The summed E-state index contributed by atoms with van der Waals surface area (Å²) in [5.74, 6) is -0.314. The molecule has 0 aromatic heterocycles. The molecule has 0 aliphatic heterocycles. The highest BCUT2D eigenvalue weighted by molar-refractivity contribution is 7.86. The quantitative estimate of drug-likeness (QED) is 0.443.